The van der Waals surface area contributed by atoms with E-state index in [1.807, 2.05) is 35.2 Å². The van der Waals surface area contributed by atoms with Crippen LogP contribution in [-0.4, -0.2) is 39.5 Å². The second-order valence-corrected chi connectivity index (χ2v) is 7.01. The molecule has 1 amide bonds. The number of benzene rings is 1. The molecule has 0 aliphatic carbocycles. The summed E-state index contributed by atoms with van der Waals surface area (Å²) in [4.78, 5) is 32.0. The van der Waals surface area contributed by atoms with Gasteiger partial charge in [-0.1, -0.05) is 18.2 Å². The van der Waals surface area contributed by atoms with Gasteiger partial charge in [-0.3, -0.25) is 14.6 Å². The summed E-state index contributed by atoms with van der Waals surface area (Å²) in [5.41, 5.74) is 7.40. The molecule has 6 heteroatoms. The van der Waals surface area contributed by atoms with E-state index in [1.54, 1.807) is 29.2 Å². The van der Waals surface area contributed by atoms with Gasteiger partial charge in [-0.15, -0.1) is 0 Å². The van der Waals surface area contributed by atoms with Crippen molar-refractivity contribution < 1.29 is 4.79 Å². The van der Waals surface area contributed by atoms with Gasteiger partial charge < -0.3 is 15.2 Å². The lowest BCUT2D eigenvalue weighted by molar-refractivity contribution is 0.0716. The summed E-state index contributed by atoms with van der Waals surface area (Å²) in [5.74, 6) is -0.0402. The number of rotatable bonds is 3. The number of likely N-dealkylation sites (tertiary alicyclic amines) is 1. The zero-order valence-corrected chi connectivity index (χ0v) is 15.0. The molecule has 2 aromatic heterocycles. The maximum Gasteiger partial charge on any atom is 0.258 e. The Hall–Kier alpha value is -2.99. The number of pyridine rings is 2. The zero-order valence-electron chi connectivity index (χ0n) is 15.0. The van der Waals surface area contributed by atoms with Crippen molar-refractivity contribution in [2.24, 2.45) is 5.73 Å². The molecular formula is C21H22N4O2. The monoisotopic (exact) mass is 362 g/mol. The van der Waals surface area contributed by atoms with E-state index in [4.69, 9.17) is 5.73 Å². The van der Waals surface area contributed by atoms with Crippen LogP contribution in [0.2, 0.25) is 0 Å². The summed E-state index contributed by atoms with van der Waals surface area (Å²) >= 11 is 0. The van der Waals surface area contributed by atoms with Crippen LogP contribution in [0.15, 0.2) is 59.8 Å². The van der Waals surface area contributed by atoms with Crippen molar-refractivity contribution in [3.8, 4) is 0 Å². The molecule has 0 bridgehead atoms. The van der Waals surface area contributed by atoms with Crippen molar-refractivity contribution in [1.82, 2.24) is 14.5 Å². The molecule has 138 valence electrons. The molecule has 1 saturated heterocycles. The standard InChI is InChI=1S/C21H22N4O2/c22-16-7-11-24(12-8-16)21(27)19-14-25(13-15-5-9-23-10-6-15)20(26)18-4-2-1-3-17(18)19/h1-6,9-10,14,16H,7-8,11-13,22H2. The van der Waals surface area contributed by atoms with Crippen LogP contribution in [-0.2, 0) is 6.54 Å². The van der Waals surface area contributed by atoms with Gasteiger partial charge in [0.15, 0.2) is 0 Å². The lowest BCUT2D eigenvalue weighted by Gasteiger charge is -2.30. The quantitative estimate of drug-likeness (QED) is 0.773. The molecule has 0 atom stereocenters. The minimum atomic E-state index is -0.0976. The van der Waals surface area contributed by atoms with Crippen LogP contribution in [0.5, 0.6) is 0 Å². The van der Waals surface area contributed by atoms with Crippen molar-refractivity contribution in [2.75, 3.05) is 13.1 Å². The lowest BCUT2D eigenvalue weighted by atomic mass is 10.0. The SMILES string of the molecule is NC1CCN(C(=O)c2cn(Cc3ccncc3)c(=O)c3ccccc23)CC1. The fourth-order valence-corrected chi connectivity index (χ4v) is 3.59. The number of hydrogen-bond donors (Lipinski definition) is 1. The van der Waals surface area contributed by atoms with Crippen molar-refractivity contribution in [3.05, 3.63) is 76.5 Å². The molecule has 1 fully saturated rings. The first kappa shape index (κ1) is 17.4. The third-order valence-corrected chi connectivity index (χ3v) is 5.15. The normalized spacial score (nSPS) is 15.2. The number of carbonyl (C=O) groups is 1. The van der Waals surface area contributed by atoms with Gasteiger partial charge in [0.25, 0.3) is 11.5 Å². The van der Waals surface area contributed by atoms with Gasteiger partial charge in [0, 0.05) is 48.5 Å². The van der Waals surface area contributed by atoms with Gasteiger partial charge in [0.05, 0.1) is 12.1 Å². The van der Waals surface area contributed by atoms with Gasteiger partial charge >= 0.3 is 0 Å². The van der Waals surface area contributed by atoms with Crippen LogP contribution < -0.4 is 11.3 Å². The molecule has 6 nitrogen and oxygen atoms in total. The summed E-state index contributed by atoms with van der Waals surface area (Å²) in [6.45, 7) is 1.70. The largest absolute Gasteiger partial charge is 0.338 e. The molecule has 3 aromatic rings. The van der Waals surface area contributed by atoms with E-state index in [9.17, 15) is 9.59 Å². The molecule has 0 spiro atoms. The minimum absolute atomic E-state index is 0.0402. The molecule has 4 rings (SSSR count). The highest BCUT2D eigenvalue weighted by molar-refractivity contribution is 6.06. The smallest absolute Gasteiger partial charge is 0.258 e. The Morgan fingerprint density at radius 2 is 1.74 bits per heavy atom. The van der Waals surface area contributed by atoms with Crippen LogP contribution in [0.25, 0.3) is 10.8 Å². The van der Waals surface area contributed by atoms with Crippen LogP contribution in [0.3, 0.4) is 0 Å². The number of nitrogens with zero attached hydrogens (tertiary/aromatic N) is 3. The highest BCUT2D eigenvalue weighted by atomic mass is 16.2. The third-order valence-electron chi connectivity index (χ3n) is 5.15. The summed E-state index contributed by atoms with van der Waals surface area (Å²) in [7, 11) is 0. The Labute approximate surface area is 157 Å². The number of carbonyl (C=O) groups excluding carboxylic acids is 1. The molecule has 2 N–H and O–H groups in total. The van der Waals surface area contributed by atoms with Crippen molar-refractivity contribution in [2.45, 2.75) is 25.4 Å². The van der Waals surface area contributed by atoms with Crippen LogP contribution >= 0.6 is 0 Å². The summed E-state index contributed by atoms with van der Waals surface area (Å²) in [6, 6.07) is 11.2. The van der Waals surface area contributed by atoms with Crippen LogP contribution in [0.4, 0.5) is 0 Å². The number of fused-ring (bicyclic) bond motifs is 1. The molecule has 1 aliphatic heterocycles. The van der Waals surface area contributed by atoms with E-state index in [0.717, 1.165) is 18.4 Å². The number of piperidine rings is 1. The van der Waals surface area contributed by atoms with E-state index in [2.05, 4.69) is 4.98 Å². The second-order valence-electron chi connectivity index (χ2n) is 7.01. The Kier molecular flexibility index (Phi) is 4.73. The molecule has 0 radical (unpaired) electrons. The molecule has 0 unspecified atom stereocenters. The van der Waals surface area contributed by atoms with Gasteiger partial charge in [-0.05, 0) is 36.6 Å². The third kappa shape index (κ3) is 3.48. The first-order valence-electron chi connectivity index (χ1n) is 9.19. The predicted octanol–water partition coefficient (Wildman–Crippen LogP) is 2.01. The highest BCUT2D eigenvalue weighted by Gasteiger charge is 2.24. The molecular weight excluding hydrogens is 340 g/mol. The Morgan fingerprint density at radius 1 is 1.07 bits per heavy atom. The van der Waals surface area contributed by atoms with Crippen LogP contribution in [0.1, 0.15) is 28.8 Å². The first-order chi connectivity index (χ1) is 13.1. The Balaban J connectivity index is 1.78. The van der Waals surface area contributed by atoms with Crippen LogP contribution in [0, 0.1) is 0 Å². The first-order valence-corrected chi connectivity index (χ1v) is 9.19. The average molecular weight is 362 g/mol. The molecule has 3 heterocycles. The Morgan fingerprint density at radius 3 is 2.44 bits per heavy atom. The highest BCUT2D eigenvalue weighted by Crippen LogP contribution is 2.20. The lowest BCUT2D eigenvalue weighted by Crippen LogP contribution is -2.43. The maximum atomic E-state index is 13.2. The average Bonchev–Trinajstić information content (AvgIpc) is 2.71. The number of nitrogens with two attached hydrogens (primary N) is 1. The number of aromatic nitrogens is 2. The van der Waals surface area contributed by atoms with Gasteiger partial charge in [-0.25, -0.2) is 0 Å². The van der Waals surface area contributed by atoms with Gasteiger partial charge in [-0.2, -0.15) is 0 Å². The topological polar surface area (TPSA) is 81.2 Å². The fraction of sp³-hybridized carbons (Fsp3) is 0.286. The van der Waals surface area contributed by atoms with E-state index in [0.29, 0.717) is 36.0 Å². The minimum Gasteiger partial charge on any atom is -0.338 e. The molecule has 27 heavy (non-hydrogen) atoms. The molecule has 0 saturated carbocycles. The Bertz CT molecular complexity index is 1020. The van der Waals surface area contributed by atoms with Crippen molar-refractivity contribution in [1.29, 1.82) is 0 Å². The maximum absolute atomic E-state index is 13.2. The van der Waals surface area contributed by atoms with Crippen molar-refractivity contribution in [3.63, 3.8) is 0 Å². The van der Waals surface area contributed by atoms with Gasteiger partial charge in [0.2, 0.25) is 0 Å². The molecule has 1 aromatic carbocycles. The predicted molar refractivity (Wildman–Crippen MR) is 105 cm³/mol. The number of hydrogen-bond acceptors (Lipinski definition) is 4. The van der Waals surface area contributed by atoms with E-state index < -0.39 is 0 Å². The van der Waals surface area contributed by atoms with E-state index in [1.165, 1.54) is 0 Å². The van der Waals surface area contributed by atoms with Crippen molar-refractivity contribution >= 4 is 16.7 Å². The molecule has 1 aliphatic rings. The zero-order chi connectivity index (χ0) is 18.8. The number of amides is 1. The summed E-state index contributed by atoms with van der Waals surface area (Å²) in [5, 5.41) is 1.26. The second kappa shape index (κ2) is 7.32. The summed E-state index contributed by atoms with van der Waals surface area (Å²) in [6.07, 6.45) is 6.71. The van der Waals surface area contributed by atoms with E-state index in [-0.39, 0.29) is 17.5 Å². The fourth-order valence-electron chi connectivity index (χ4n) is 3.59. The summed E-state index contributed by atoms with van der Waals surface area (Å²) < 4.78 is 1.61. The van der Waals surface area contributed by atoms with Gasteiger partial charge in [0.1, 0.15) is 0 Å². The van der Waals surface area contributed by atoms with E-state index >= 15 is 0 Å².